The van der Waals surface area contributed by atoms with Crippen LogP contribution >= 0.6 is 11.8 Å². The number of methoxy groups -OCH3 is 1. The predicted molar refractivity (Wildman–Crippen MR) is 75.0 cm³/mol. The molecule has 1 aliphatic rings. The van der Waals surface area contributed by atoms with Crippen molar-refractivity contribution in [2.24, 2.45) is 0 Å². The van der Waals surface area contributed by atoms with E-state index in [0.29, 0.717) is 11.9 Å². The Morgan fingerprint density at radius 1 is 1.39 bits per heavy atom. The number of nitrogens with one attached hydrogen (secondary N) is 1. The maximum atomic E-state index is 4.99. The average molecular weight is 267 g/mol. The van der Waals surface area contributed by atoms with Gasteiger partial charge in [0.15, 0.2) is 0 Å². The largest absolute Gasteiger partial charge is 0.480 e. The van der Waals surface area contributed by atoms with Crippen LogP contribution in [0.1, 0.15) is 31.9 Å². The van der Waals surface area contributed by atoms with Crippen molar-refractivity contribution >= 4 is 11.8 Å². The van der Waals surface area contributed by atoms with Gasteiger partial charge < -0.3 is 10.1 Å². The molecule has 1 heterocycles. The summed E-state index contributed by atoms with van der Waals surface area (Å²) in [6, 6.07) is 4.46. The molecule has 18 heavy (non-hydrogen) atoms. The Balaban J connectivity index is 1.74. The summed E-state index contributed by atoms with van der Waals surface area (Å²) in [6.45, 7) is 3.03. The highest BCUT2D eigenvalue weighted by molar-refractivity contribution is 7.99. The Hall–Kier alpha value is -0.810. The number of ether oxygens (including phenoxy) is 1. The van der Waals surface area contributed by atoms with Gasteiger partial charge in [-0.25, -0.2) is 0 Å². The van der Waals surface area contributed by atoms with Gasteiger partial charge in [0.25, 0.3) is 0 Å². The molecular formula is C13H21N3OS. The SMILES string of the molecule is CCSC1CCC(NCc2ccc(OC)nn2)C1. The van der Waals surface area contributed by atoms with Crippen LogP contribution in [0.15, 0.2) is 12.1 Å². The zero-order valence-electron chi connectivity index (χ0n) is 11.1. The van der Waals surface area contributed by atoms with E-state index < -0.39 is 0 Å². The summed E-state index contributed by atoms with van der Waals surface area (Å²) in [6.07, 6.45) is 3.90. The number of rotatable bonds is 6. The Labute approximate surface area is 113 Å². The van der Waals surface area contributed by atoms with E-state index in [1.807, 2.05) is 12.1 Å². The lowest BCUT2D eigenvalue weighted by molar-refractivity contribution is 0.390. The summed E-state index contributed by atoms with van der Waals surface area (Å²) in [5, 5.41) is 12.5. The van der Waals surface area contributed by atoms with Crippen molar-refractivity contribution in [3.05, 3.63) is 17.8 Å². The van der Waals surface area contributed by atoms with E-state index in [9.17, 15) is 0 Å². The van der Waals surface area contributed by atoms with Gasteiger partial charge in [-0.2, -0.15) is 16.9 Å². The summed E-state index contributed by atoms with van der Waals surface area (Å²) in [4.78, 5) is 0. The van der Waals surface area contributed by atoms with Gasteiger partial charge in [-0.3, -0.25) is 0 Å². The molecule has 0 saturated heterocycles. The molecule has 2 atom stereocenters. The van der Waals surface area contributed by atoms with Crippen LogP contribution in [-0.2, 0) is 6.54 Å². The summed E-state index contributed by atoms with van der Waals surface area (Å²) in [7, 11) is 1.60. The first-order valence-electron chi connectivity index (χ1n) is 6.53. The minimum absolute atomic E-state index is 0.569. The third-order valence-electron chi connectivity index (χ3n) is 3.26. The normalized spacial score (nSPS) is 23.2. The molecule has 1 aliphatic carbocycles. The van der Waals surface area contributed by atoms with E-state index in [-0.39, 0.29) is 0 Å². The van der Waals surface area contributed by atoms with Crippen molar-refractivity contribution in [3.8, 4) is 5.88 Å². The van der Waals surface area contributed by atoms with E-state index in [2.05, 4.69) is 34.2 Å². The lowest BCUT2D eigenvalue weighted by atomic mass is 10.2. The molecule has 0 radical (unpaired) electrons. The highest BCUT2D eigenvalue weighted by Gasteiger charge is 2.23. The molecule has 2 unspecified atom stereocenters. The zero-order chi connectivity index (χ0) is 12.8. The third kappa shape index (κ3) is 3.85. The van der Waals surface area contributed by atoms with Crippen LogP contribution in [-0.4, -0.2) is 34.4 Å². The fourth-order valence-corrected chi connectivity index (χ4v) is 3.45. The Morgan fingerprint density at radius 3 is 2.94 bits per heavy atom. The standard InChI is InChI=1S/C13H21N3OS/c1-3-18-12-6-4-10(8-12)14-9-11-5-7-13(17-2)16-15-11/h5,7,10,12,14H,3-4,6,8-9H2,1-2H3. The van der Waals surface area contributed by atoms with Gasteiger partial charge in [0, 0.05) is 23.9 Å². The van der Waals surface area contributed by atoms with Crippen molar-refractivity contribution < 1.29 is 4.74 Å². The Bertz CT molecular complexity index is 358. The van der Waals surface area contributed by atoms with Crippen molar-refractivity contribution in [2.45, 2.75) is 44.0 Å². The van der Waals surface area contributed by atoms with Crippen molar-refractivity contribution in [3.63, 3.8) is 0 Å². The molecule has 0 amide bonds. The number of hydrogen-bond donors (Lipinski definition) is 1. The first-order chi connectivity index (χ1) is 8.81. The molecule has 1 fully saturated rings. The lowest BCUT2D eigenvalue weighted by Gasteiger charge is -2.12. The van der Waals surface area contributed by atoms with Gasteiger partial charge >= 0.3 is 0 Å². The average Bonchev–Trinajstić information content (AvgIpc) is 2.85. The molecular weight excluding hydrogens is 246 g/mol. The van der Waals surface area contributed by atoms with Crippen LogP contribution in [0.3, 0.4) is 0 Å². The summed E-state index contributed by atoms with van der Waals surface area (Å²) in [5.74, 6) is 1.79. The topological polar surface area (TPSA) is 47.0 Å². The van der Waals surface area contributed by atoms with Gasteiger partial charge in [0.05, 0.1) is 12.8 Å². The molecule has 1 N–H and O–H groups in total. The van der Waals surface area contributed by atoms with Crippen LogP contribution in [0.5, 0.6) is 5.88 Å². The van der Waals surface area contributed by atoms with Crippen LogP contribution in [0.25, 0.3) is 0 Å². The Kier molecular flexibility index (Phi) is 5.26. The maximum Gasteiger partial charge on any atom is 0.233 e. The molecule has 2 rings (SSSR count). The number of hydrogen-bond acceptors (Lipinski definition) is 5. The molecule has 0 spiro atoms. The van der Waals surface area contributed by atoms with Gasteiger partial charge in [-0.15, -0.1) is 5.10 Å². The van der Waals surface area contributed by atoms with E-state index in [0.717, 1.165) is 17.5 Å². The summed E-state index contributed by atoms with van der Waals surface area (Å²) < 4.78 is 4.99. The second kappa shape index (κ2) is 6.95. The maximum absolute atomic E-state index is 4.99. The van der Waals surface area contributed by atoms with Gasteiger partial charge in [0.2, 0.25) is 5.88 Å². The Morgan fingerprint density at radius 2 is 2.28 bits per heavy atom. The van der Waals surface area contributed by atoms with E-state index in [1.54, 1.807) is 7.11 Å². The smallest absolute Gasteiger partial charge is 0.233 e. The molecule has 1 saturated carbocycles. The van der Waals surface area contributed by atoms with Crippen molar-refractivity contribution in [1.82, 2.24) is 15.5 Å². The highest BCUT2D eigenvalue weighted by Crippen LogP contribution is 2.29. The fraction of sp³-hybridized carbons (Fsp3) is 0.692. The predicted octanol–water partition coefficient (Wildman–Crippen LogP) is 2.25. The number of thioether (sulfide) groups is 1. The fourth-order valence-electron chi connectivity index (χ4n) is 2.31. The molecule has 0 aromatic carbocycles. The van der Waals surface area contributed by atoms with Crippen LogP contribution < -0.4 is 10.1 Å². The van der Waals surface area contributed by atoms with Crippen LogP contribution in [0, 0.1) is 0 Å². The minimum atomic E-state index is 0.569. The second-order valence-electron chi connectivity index (χ2n) is 4.54. The third-order valence-corrected chi connectivity index (χ3v) is 4.50. The van der Waals surface area contributed by atoms with Crippen molar-refractivity contribution in [1.29, 1.82) is 0 Å². The van der Waals surface area contributed by atoms with Gasteiger partial charge in [-0.05, 0) is 31.1 Å². The molecule has 1 aromatic rings. The second-order valence-corrected chi connectivity index (χ2v) is 6.11. The van der Waals surface area contributed by atoms with Crippen LogP contribution in [0.4, 0.5) is 0 Å². The van der Waals surface area contributed by atoms with Crippen LogP contribution in [0.2, 0.25) is 0 Å². The van der Waals surface area contributed by atoms with E-state index in [1.165, 1.54) is 25.0 Å². The highest BCUT2D eigenvalue weighted by atomic mass is 32.2. The van der Waals surface area contributed by atoms with Gasteiger partial charge in [-0.1, -0.05) is 6.92 Å². The first-order valence-corrected chi connectivity index (χ1v) is 7.58. The summed E-state index contributed by atoms with van der Waals surface area (Å²) in [5.41, 5.74) is 0.974. The number of aromatic nitrogens is 2. The molecule has 4 nitrogen and oxygen atoms in total. The molecule has 0 aliphatic heterocycles. The monoisotopic (exact) mass is 267 g/mol. The molecule has 1 aromatic heterocycles. The molecule has 0 bridgehead atoms. The lowest BCUT2D eigenvalue weighted by Crippen LogP contribution is -2.26. The van der Waals surface area contributed by atoms with E-state index >= 15 is 0 Å². The molecule has 5 heteroatoms. The number of nitrogens with zero attached hydrogens (tertiary/aromatic N) is 2. The minimum Gasteiger partial charge on any atom is -0.480 e. The van der Waals surface area contributed by atoms with E-state index in [4.69, 9.17) is 4.74 Å². The quantitative estimate of drug-likeness (QED) is 0.856. The van der Waals surface area contributed by atoms with Crippen molar-refractivity contribution in [2.75, 3.05) is 12.9 Å². The molecule has 100 valence electrons. The zero-order valence-corrected chi connectivity index (χ0v) is 11.9. The summed E-state index contributed by atoms with van der Waals surface area (Å²) >= 11 is 2.08. The first kappa shape index (κ1) is 13.6. The van der Waals surface area contributed by atoms with Gasteiger partial charge in [0.1, 0.15) is 0 Å².